The summed E-state index contributed by atoms with van der Waals surface area (Å²) in [6.45, 7) is 6.62. The van der Waals surface area contributed by atoms with Crippen molar-refractivity contribution >= 4 is 23.5 Å². The van der Waals surface area contributed by atoms with Gasteiger partial charge >= 0.3 is 5.97 Å². The van der Waals surface area contributed by atoms with Crippen LogP contribution in [0.5, 0.6) is 0 Å². The van der Waals surface area contributed by atoms with Gasteiger partial charge in [-0.05, 0) is 79.5 Å². The largest absolute Gasteiger partial charge is 0.481 e. The molecule has 2 aromatic carbocycles. The quantitative estimate of drug-likeness (QED) is 0.455. The fraction of sp³-hybridized carbons (Fsp3) is 0.467. The van der Waals surface area contributed by atoms with E-state index in [1.165, 1.54) is 12.1 Å². The van der Waals surface area contributed by atoms with E-state index in [-0.39, 0.29) is 42.1 Å². The molecule has 202 valence electrons. The van der Waals surface area contributed by atoms with Gasteiger partial charge in [0.15, 0.2) is 0 Å². The van der Waals surface area contributed by atoms with Gasteiger partial charge in [0.1, 0.15) is 17.2 Å². The van der Waals surface area contributed by atoms with Crippen LogP contribution in [0.4, 0.5) is 4.39 Å². The number of carbonyl (C=O) groups is 3. The molecule has 2 aliphatic rings. The Bertz CT molecular complexity index is 1210. The van der Waals surface area contributed by atoms with Crippen molar-refractivity contribution in [2.24, 2.45) is 10.4 Å². The Labute approximate surface area is 223 Å². The minimum atomic E-state index is -0.972. The molecule has 38 heavy (non-hydrogen) atoms. The van der Waals surface area contributed by atoms with Crippen molar-refractivity contribution in [2.45, 2.75) is 77.4 Å². The summed E-state index contributed by atoms with van der Waals surface area (Å²) in [7, 11) is 0. The lowest BCUT2D eigenvalue weighted by atomic mass is 9.72. The third kappa shape index (κ3) is 5.79. The maximum absolute atomic E-state index is 14.1. The summed E-state index contributed by atoms with van der Waals surface area (Å²) >= 11 is 0. The second-order valence-corrected chi connectivity index (χ2v) is 11.1. The molecule has 1 heterocycles. The zero-order chi connectivity index (χ0) is 27.5. The highest BCUT2D eigenvalue weighted by molar-refractivity contribution is 6.46. The SMILES string of the molecule is CCCC(c1ccc(C(=O)NCCC(=O)O)cc1)N1C(=O)C(c2ccc(F)cc2)=NC12CCC(C)(C)CC2. The van der Waals surface area contributed by atoms with E-state index in [9.17, 15) is 18.8 Å². The van der Waals surface area contributed by atoms with Gasteiger partial charge in [-0.3, -0.25) is 19.4 Å². The Hall–Kier alpha value is -3.55. The Kier molecular flexibility index (Phi) is 7.99. The average Bonchev–Trinajstić information content (AvgIpc) is 3.16. The predicted molar refractivity (Wildman–Crippen MR) is 143 cm³/mol. The van der Waals surface area contributed by atoms with Crippen LogP contribution in [0.15, 0.2) is 53.5 Å². The van der Waals surface area contributed by atoms with Crippen molar-refractivity contribution in [1.29, 1.82) is 0 Å². The standard InChI is InChI=1S/C30H36FN3O4/c1-4-5-24(20-6-8-22(9-7-20)27(37)32-19-14-25(35)36)34-28(38)26(21-10-12-23(31)13-11-21)33-30(34)17-15-29(2,3)16-18-30/h6-13,24H,4-5,14-19H2,1-3H3,(H,32,37)(H,35,36). The summed E-state index contributed by atoms with van der Waals surface area (Å²) in [5.41, 5.74) is 1.85. The molecule has 0 radical (unpaired) electrons. The van der Waals surface area contributed by atoms with Gasteiger partial charge in [-0.2, -0.15) is 0 Å². The van der Waals surface area contributed by atoms with Crippen molar-refractivity contribution in [1.82, 2.24) is 10.2 Å². The molecule has 7 nitrogen and oxygen atoms in total. The number of nitrogens with zero attached hydrogens (tertiary/aromatic N) is 2. The molecule has 1 saturated carbocycles. The van der Waals surface area contributed by atoms with Crippen molar-refractivity contribution < 1.29 is 23.9 Å². The molecular weight excluding hydrogens is 485 g/mol. The first-order valence-corrected chi connectivity index (χ1v) is 13.3. The number of rotatable bonds is 9. The number of nitrogens with one attached hydrogen (secondary N) is 1. The van der Waals surface area contributed by atoms with E-state index in [1.807, 2.05) is 17.0 Å². The lowest BCUT2D eigenvalue weighted by molar-refractivity contribution is -0.137. The fourth-order valence-electron chi connectivity index (χ4n) is 5.48. The van der Waals surface area contributed by atoms with E-state index in [4.69, 9.17) is 10.1 Å². The predicted octanol–water partition coefficient (Wildman–Crippen LogP) is 5.50. The van der Waals surface area contributed by atoms with Crippen molar-refractivity contribution in [3.63, 3.8) is 0 Å². The fourth-order valence-corrected chi connectivity index (χ4v) is 5.48. The Balaban J connectivity index is 1.66. The van der Waals surface area contributed by atoms with Crippen molar-refractivity contribution in [3.8, 4) is 0 Å². The number of aliphatic carboxylic acids is 1. The minimum Gasteiger partial charge on any atom is -0.481 e. The van der Waals surface area contributed by atoms with Gasteiger partial charge in [0, 0.05) is 17.7 Å². The van der Waals surface area contributed by atoms with Gasteiger partial charge in [0.2, 0.25) is 0 Å². The van der Waals surface area contributed by atoms with Crippen molar-refractivity contribution in [2.75, 3.05) is 6.54 Å². The second kappa shape index (κ2) is 11.1. The number of carbonyl (C=O) groups excluding carboxylic acids is 2. The number of carboxylic acids is 1. The molecule has 2 aromatic rings. The zero-order valence-corrected chi connectivity index (χ0v) is 22.3. The van der Waals surface area contributed by atoms with Crippen LogP contribution in [0.25, 0.3) is 0 Å². The number of halogens is 1. The van der Waals surface area contributed by atoms with Gasteiger partial charge in [-0.1, -0.05) is 39.3 Å². The Morgan fingerprint density at radius 2 is 1.68 bits per heavy atom. The lowest BCUT2D eigenvalue weighted by Crippen LogP contribution is -2.51. The van der Waals surface area contributed by atoms with E-state index in [0.717, 1.165) is 44.1 Å². The van der Waals surface area contributed by atoms with E-state index >= 15 is 0 Å². The van der Waals surface area contributed by atoms with Crippen LogP contribution in [0.3, 0.4) is 0 Å². The maximum atomic E-state index is 14.1. The molecule has 0 aromatic heterocycles. The minimum absolute atomic E-state index is 0.0546. The number of aliphatic imine (C=N–C) groups is 1. The molecule has 4 rings (SSSR count). The average molecular weight is 522 g/mol. The molecular formula is C30H36FN3O4. The molecule has 2 N–H and O–H groups in total. The van der Waals surface area contributed by atoms with Crippen LogP contribution in [-0.2, 0) is 9.59 Å². The van der Waals surface area contributed by atoms with Crippen LogP contribution in [-0.4, -0.2) is 45.7 Å². The van der Waals surface area contributed by atoms with Gasteiger partial charge in [0.25, 0.3) is 11.8 Å². The number of benzene rings is 2. The molecule has 0 bridgehead atoms. The van der Waals surface area contributed by atoms with Gasteiger partial charge in [0.05, 0.1) is 12.5 Å². The highest BCUT2D eigenvalue weighted by atomic mass is 19.1. The smallest absolute Gasteiger partial charge is 0.305 e. The third-order valence-electron chi connectivity index (χ3n) is 7.77. The van der Waals surface area contributed by atoms with Gasteiger partial charge in [-0.25, -0.2) is 4.39 Å². The van der Waals surface area contributed by atoms with Gasteiger partial charge < -0.3 is 15.3 Å². The first kappa shape index (κ1) is 27.5. The summed E-state index contributed by atoms with van der Waals surface area (Å²) in [5.74, 6) is -1.82. The van der Waals surface area contributed by atoms with E-state index in [1.54, 1.807) is 24.3 Å². The summed E-state index contributed by atoms with van der Waals surface area (Å²) < 4.78 is 13.6. The normalized spacial score (nSPS) is 18.8. The molecule has 1 atom stereocenters. The zero-order valence-electron chi connectivity index (χ0n) is 22.3. The highest BCUT2D eigenvalue weighted by Crippen LogP contribution is 2.49. The number of amides is 2. The molecule has 1 fully saturated rings. The molecule has 1 unspecified atom stereocenters. The maximum Gasteiger partial charge on any atom is 0.305 e. The second-order valence-electron chi connectivity index (χ2n) is 11.1. The first-order chi connectivity index (χ1) is 18.0. The molecule has 1 aliphatic heterocycles. The molecule has 8 heteroatoms. The molecule has 2 amide bonds. The third-order valence-corrected chi connectivity index (χ3v) is 7.77. The number of hydrogen-bond acceptors (Lipinski definition) is 4. The highest BCUT2D eigenvalue weighted by Gasteiger charge is 2.52. The molecule has 1 spiro atoms. The summed E-state index contributed by atoms with van der Waals surface area (Å²) in [4.78, 5) is 44.3. The van der Waals surface area contributed by atoms with E-state index in [2.05, 4.69) is 26.1 Å². The summed E-state index contributed by atoms with van der Waals surface area (Å²) in [6.07, 6.45) is 4.80. The summed E-state index contributed by atoms with van der Waals surface area (Å²) in [6, 6.07) is 12.9. The Morgan fingerprint density at radius 1 is 1.05 bits per heavy atom. The van der Waals surface area contributed by atoms with Crippen LogP contribution < -0.4 is 5.32 Å². The molecule has 0 saturated heterocycles. The monoisotopic (exact) mass is 521 g/mol. The number of hydrogen-bond donors (Lipinski definition) is 2. The first-order valence-electron chi connectivity index (χ1n) is 13.3. The lowest BCUT2D eigenvalue weighted by Gasteiger charge is -2.47. The van der Waals surface area contributed by atoms with E-state index in [0.29, 0.717) is 16.8 Å². The van der Waals surface area contributed by atoms with Gasteiger partial charge in [-0.15, -0.1) is 0 Å². The van der Waals surface area contributed by atoms with Crippen LogP contribution in [0.1, 0.15) is 93.2 Å². The van der Waals surface area contributed by atoms with Crippen LogP contribution >= 0.6 is 0 Å². The number of carboxylic acid groups (broad SMARTS) is 1. The van der Waals surface area contributed by atoms with Crippen LogP contribution in [0, 0.1) is 11.2 Å². The Morgan fingerprint density at radius 3 is 2.26 bits per heavy atom. The van der Waals surface area contributed by atoms with E-state index < -0.39 is 11.6 Å². The van der Waals surface area contributed by atoms with Crippen LogP contribution in [0.2, 0.25) is 0 Å². The summed E-state index contributed by atoms with van der Waals surface area (Å²) in [5, 5.41) is 11.4. The van der Waals surface area contributed by atoms with Crippen molar-refractivity contribution in [3.05, 3.63) is 71.0 Å². The molecule has 1 aliphatic carbocycles. The topological polar surface area (TPSA) is 99.1 Å².